The summed E-state index contributed by atoms with van der Waals surface area (Å²) in [4.78, 5) is 12.4. The summed E-state index contributed by atoms with van der Waals surface area (Å²) in [6, 6.07) is 23.1. The Labute approximate surface area is 209 Å². The summed E-state index contributed by atoms with van der Waals surface area (Å²) in [7, 11) is 0. The summed E-state index contributed by atoms with van der Waals surface area (Å²) in [6.45, 7) is 6.55. The molecule has 35 heavy (non-hydrogen) atoms. The Morgan fingerprint density at radius 1 is 1.06 bits per heavy atom. The van der Waals surface area contributed by atoms with Crippen LogP contribution in [0.1, 0.15) is 52.6 Å². The number of ether oxygens (including phenoxy) is 1. The van der Waals surface area contributed by atoms with Gasteiger partial charge in [0, 0.05) is 17.0 Å². The minimum Gasteiger partial charge on any atom is -0.485 e. The zero-order valence-electron chi connectivity index (χ0n) is 20.1. The van der Waals surface area contributed by atoms with Crippen LogP contribution < -0.4 is 15.9 Å². The quantitative estimate of drug-likeness (QED) is 0.237. The molecule has 1 heterocycles. The standard InChI is InChI=1S/C27H29N5O2S/c1-18(2)23-14-9-19(3)15-24(23)34-16-25-30-31-27(32(25)28)35-17-20-10-12-21(13-11-20)26(33)29-22-7-5-4-6-8-22/h4-15,18H,16-17,28H2,1-3H3,(H,29,33). The number of benzene rings is 3. The largest absolute Gasteiger partial charge is 0.485 e. The zero-order valence-corrected chi connectivity index (χ0v) is 20.9. The Balaban J connectivity index is 1.34. The van der Waals surface area contributed by atoms with E-state index in [1.807, 2.05) is 67.6 Å². The second-order valence-electron chi connectivity index (χ2n) is 8.56. The second kappa shape index (κ2) is 11.1. The summed E-state index contributed by atoms with van der Waals surface area (Å²) in [6.07, 6.45) is 0. The normalized spacial score (nSPS) is 11.0. The molecule has 0 spiro atoms. The second-order valence-corrected chi connectivity index (χ2v) is 9.50. The molecule has 4 rings (SSSR count). The van der Waals surface area contributed by atoms with Crippen molar-refractivity contribution in [2.24, 2.45) is 0 Å². The van der Waals surface area contributed by atoms with Gasteiger partial charge in [0.1, 0.15) is 12.4 Å². The fourth-order valence-electron chi connectivity index (χ4n) is 3.51. The van der Waals surface area contributed by atoms with Crippen LogP contribution in [0.4, 0.5) is 5.69 Å². The molecule has 0 aliphatic carbocycles. The summed E-state index contributed by atoms with van der Waals surface area (Å²) >= 11 is 1.48. The highest BCUT2D eigenvalue weighted by atomic mass is 32.2. The van der Waals surface area contributed by atoms with Crippen molar-refractivity contribution in [3.8, 4) is 5.75 Å². The van der Waals surface area contributed by atoms with Gasteiger partial charge in [0.25, 0.3) is 5.91 Å². The first kappa shape index (κ1) is 24.3. The van der Waals surface area contributed by atoms with E-state index in [2.05, 4.69) is 41.5 Å². The number of carbonyl (C=O) groups is 1. The number of nitrogen functional groups attached to an aromatic ring is 1. The third-order valence-corrected chi connectivity index (χ3v) is 6.51. The SMILES string of the molecule is Cc1ccc(C(C)C)c(OCc2nnc(SCc3ccc(C(=O)Nc4ccccc4)cc3)n2N)c1. The lowest BCUT2D eigenvalue weighted by molar-refractivity contribution is 0.102. The maximum Gasteiger partial charge on any atom is 0.255 e. The summed E-state index contributed by atoms with van der Waals surface area (Å²) < 4.78 is 7.52. The third-order valence-electron chi connectivity index (χ3n) is 5.50. The highest BCUT2D eigenvalue weighted by molar-refractivity contribution is 7.98. The molecule has 4 aromatic rings. The van der Waals surface area contributed by atoms with E-state index >= 15 is 0 Å². The predicted octanol–water partition coefficient (Wildman–Crippen LogP) is 5.55. The lowest BCUT2D eigenvalue weighted by Gasteiger charge is -2.14. The number of rotatable bonds is 9. The van der Waals surface area contributed by atoms with E-state index in [1.54, 1.807) is 0 Å². The van der Waals surface area contributed by atoms with Crippen molar-refractivity contribution in [2.75, 3.05) is 11.2 Å². The summed E-state index contributed by atoms with van der Waals surface area (Å²) in [5.74, 6) is 8.48. The molecule has 3 aromatic carbocycles. The van der Waals surface area contributed by atoms with Crippen molar-refractivity contribution in [2.45, 2.75) is 44.2 Å². The van der Waals surface area contributed by atoms with E-state index in [0.717, 1.165) is 28.1 Å². The van der Waals surface area contributed by atoms with E-state index in [-0.39, 0.29) is 12.5 Å². The smallest absolute Gasteiger partial charge is 0.255 e. The van der Waals surface area contributed by atoms with Crippen LogP contribution in [-0.2, 0) is 12.4 Å². The van der Waals surface area contributed by atoms with Crippen molar-refractivity contribution in [1.29, 1.82) is 0 Å². The Hall–Kier alpha value is -3.78. The van der Waals surface area contributed by atoms with Crippen LogP contribution in [0, 0.1) is 6.92 Å². The molecule has 0 saturated carbocycles. The van der Waals surface area contributed by atoms with Crippen molar-refractivity contribution in [3.05, 3.63) is 101 Å². The van der Waals surface area contributed by atoms with Crippen molar-refractivity contribution in [1.82, 2.24) is 14.9 Å². The number of hydrogen-bond donors (Lipinski definition) is 2. The zero-order chi connectivity index (χ0) is 24.8. The fourth-order valence-corrected chi connectivity index (χ4v) is 4.35. The molecule has 0 unspecified atom stereocenters. The van der Waals surface area contributed by atoms with Gasteiger partial charge in [-0.25, -0.2) is 4.68 Å². The van der Waals surface area contributed by atoms with Gasteiger partial charge < -0.3 is 15.9 Å². The Kier molecular flexibility index (Phi) is 7.72. The molecule has 0 saturated heterocycles. The molecule has 1 amide bonds. The number of aryl methyl sites for hydroxylation is 1. The first-order valence-corrected chi connectivity index (χ1v) is 12.4. The molecule has 1 aromatic heterocycles. The first-order chi connectivity index (χ1) is 16.9. The number of amides is 1. The third kappa shape index (κ3) is 6.22. The molecule has 0 aliphatic rings. The minimum absolute atomic E-state index is 0.143. The van der Waals surface area contributed by atoms with E-state index in [9.17, 15) is 4.79 Å². The van der Waals surface area contributed by atoms with Crippen LogP contribution >= 0.6 is 11.8 Å². The van der Waals surface area contributed by atoms with Crippen molar-refractivity contribution < 1.29 is 9.53 Å². The van der Waals surface area contributed by atoms with Gasteiger partial charge in [-0.3, -0.25) is 4.79 Å². The van der Waals surface area contributed by atoms with Gasteiger partial charge in [0.2, 0.25) is 5.16 Å². The number of para-hydroxylation sites is 1. The first-order valence-electron chi connectivity index (χ1n) is 11.4. The number of nitrogens with zero attached hydrogens (tertiary/aromatic N) is 3. The molecule has 7 nitrogen and oxygen atoms in total. The van der Waals surface area contributed by atoms with E-state index in [0.29, 0.717) is 28.2 Å². The minimum atomic E-state index is -0.143. The van der Waals surface area contributed by atoms with Crippen LogP contribution in [0.3, 0.4) is 0 Å². The number of thioether (sulfide) groups is 1. The molecule has 3 N–H and O–H groups in total. The predicted molar refractivity (Wildman–Crippen MR) is 140 cm³/mol. The summed E-state index contributed by atoms with van der Waals surface area (Å²) in [5.41, 5.74) is 4.70. The average Bonchev–Trinajstić information content (AvgIpc) is 3.21. The Morgan fingerprint density at radius 2 is 1.80 bits per heavy atom. The molecular weight excluding hydrogens is 458 g/mol. The van der Waals surface area contributed by atoms with Crippen molar-refractivity contribution >= 4 is 23.4 Å². The van der Waals surface area contributed by atoms with Crippen LogP contribution in [-0.4, -0.2) is 20.8 Å². The Bertz CT molecular complexity index is 1290. The van der Waals surface area contributed by atoms with Crippen LogP contribution in [0.5, 0.6) is 5.75 Å². The molecule has 0 atom stereocenters. The van der Waals surface area contributed by atoms with Crippen LogP contribution in [0.25, 0.3) is 0 Å². The topological polar surface area (TPSA) is 95.1 Å². The van der Waals surface area contributed by atoms with Gasteiger partial charge >= 0.3 is 0 Å². The molecule has 0 radical (unpaired) electrons. The van der Waals surface area contributed by atoms with E-state index < -0.39 is 0 Å². The van der Waals surface area contributed by atoms with Crippen LogP contribution in [0.2, 0.25) is 0 Å². The molecule has 0 fully saturated rings. The summed E-state index contributed by atoms with van der Waals surface area (Å²) in [5, 5.41) is 11.9. The number of aromatic nitrogens is 3. The van der Waals surface area contributed by atoms with E-state index in [1.165, 1.54) is 16.4 Å². The van der Waals surface area contributed by atoms with Gasteiger partial charge in [-0.2, -0.15) is 0 Å². The number of hydrogen-bond acceptors (Lipinski definition) is 6. The van der Waals surface area contributed by atoms with Gasteiger partial charge in [0.15, 0.2) is 5.82 Å². The molecule has 0 aliphatic heterocycles. The highest BCUT2D eigenvalue weighted by Gasteiger charge is 2.14. The lowest BCUT2D eigenvalue weighted by Crippen LogP contribution is -2.16. The lowest BCUT2D eigenvalue weighted by atomic mass is 10.0. The van der Waals surface area contributed by atoms with E-state index in [4.69, 9.17) is 10.6 Å². The van der Waals surface area contributed by atoms with Gasteiger partial charge in [-0.1, -0.05) is 68.1 Å². The van der Waals surface area contributed by atoms with Gasteiger partial charge in [0.05, 0.1) is 0 Å². The highest BCUT2D eigenvalue weighted by Crippen LogP contribution is 2.28. The number of nitrogens with two attached hydrogens (primary N) is 1. The number of anilines is 1. The molecular formula is C27H29N5O2S. The Morgan fingerprint density at radius 3 is 2.51 bits per heavy atom. The van der Waals surface area contributed by atoms with Gasteiger partial charge in [-0.05, 0) is 59.9 Å². The maximum atomic E-state index is 12.4. The van der Waals surface area contributed by atoms with Gasteiger partial charge in [-0.15, -0.1) is 10.2 Å². The van der Waals surface area contributed by atoms with Crippen LogP contribution in [0.15, 0.2) is 78.0 Å². The number of nitrogens with one attached hydrogen (secondary N) is 1. The average molecular weight is 488 g/mol. The molecule has 8 heteroatoms. The monoisotopic (exact) mass is 487 g/mol. The molecule has 0 bridgehead atoms. The maximum absolute atomic E-state index is 12.4. The fraction of sp³-hybridized carbons (Fsp3) is 0.222. The number of carbonyl (C=O) groups excluding carboxylic acids is 1. The van der Waals surface area contributed by atoms with Crippen molar-refractivity contribution in [3.63, 3.8) is 0 Å². The molecule has 180 valence electrons.